The number of pyridine rings is 1. The van der Waals surface area contributed by atoms with Crippen molar-refractivity contribution < 1.29 is 0 Å². The minimum atomic E-state index is 0.559. The van der Waals surface area contributed by atoms with Crippen LogP contribution in [0.25, 0.3) is 0 Å². The quantitative estimate of drug-likeness (QED) is 0.762. The van der Waals surface area contributed by atoms with E-state index in [0.29, 0.717) is 5.41 Å². The van der Waals surface area contributed by atoms with E-state index in [1.807, 2.05) is 12.3 Å². The molecular formula is C13H18ClN3. The highest BCUT2D eigenvalue weighted by Crippen LogP contribution is 2.41. The normalized spacial score (nSPS) is 22.3. The molecule has 2 aliphatic heterocycles. The van der Waals surface area contributed by atoms with E-state index in [2.05, 4.69) is 26.9 Å². The number of aromatic nitrogens is 1. The van der Waals surface area contributed by atoms with E-state index in [-0.39, 0.29) is 0 Å². The highest BCUT2D eigenvalue weighted by atomic mass is 35.5. The van der Waals surface area contributed by atoms with E-state index in [4.69, 9.17) is 11.6 Å². The summed E-state index contributed by atoms with van der Waals surface area (Å²) in [6.45, 7) is 5.98. The third kappa shape index (κ3) is 2.14. The number of halogens is 1. The van der Waals surface area contributed by atoms with Gasteiger partial charge < -0.3 is 9.80 Å². The van der Waals surface area contributed by atoms with Gasteiger partial charge in [0.25, 0.3) is 0 Å². The van der Waals surface area contributed by atoms with Crippen LogP contribution >= 0.6 is 11.6 Å². The maximum Gasteiger partial charge on any atom is 0.128 e. The van der Waals surface area contributed by atoms with Crippen LogP contribution in [0, 0.1) is 5.41 Å². The van der Waals surface area contributed by atoms with Gasteiger partial charge in [0.05, 0.1) is 0 Å². The molecular weight excluding hydrogens is 234 g/mol. The predicted molar refractivity (Wildman–Crippen MR) is 70.7 cm³/mol. The van der Waals surface area contributed by atoms with E-state index >= 15 is 0 Å². The largest absolute Gasteiger partial charge is 0.355 e. The van der Waals surface area contributed by atoms with Crippen molar-refractivity contribution in [1.29, 1.82) is 0 Å². The van der Waals surface area contributed by atoms with Crippen molar-refractivity contribution >= 4 is 17.4 Å². The van der Waals surface area contributed by atoms with Crippen LogP contribution in [0.1, 0.15) is 6.42 Å². The Balaban J connectivity index is 1.47. The fourth-order valence-electron chi connectivity index (χ4n) is 3.01. The van der Waals surface area contributed by atoms with Gasteiger partial charge in [0.15, 0.2) is 0 Å². The summed E-state index contributed by atoms with van der Waals surface area (Å²) in [5.74, 6) is 1.90. The monoisotopic (exact) mass is 251 g/mol. The Morgan fingerprint density at radius 1 is 1.24 bits per heavy atom. The molecule has 0 radical (unpaired) electrons. The molecule has 92 valence electrons. The second-order valence-electron chi connectivity index (χ2n) is 5.30. The van der Waals surface area contributed by atoms with Crippen molar-refractivity contribution in [3.63, 3.8) is 0 Å². The maximum atomic E-state index is 5.71. The van der Waals surface area contributed by atoms with E-state index < -0.39 is 0 Å². The fraction of sp³-hybridized carbons (Fsp3) is 0.615. The molecule has 0 bridgehead atoms. The van der Waals surface area contributed by atoms with Crippen LogP contribution in [0.3, 0.4) is 0 Å². The molecule has 4 heteroatoms. The van der Waals surface area contributed by atoms with Gasteiger partial charge in [-0.1, -0.05) is 6.07 Å². The molecule has 2 fully saturated rings. The molecule has 0 amide bonds. The first-order valence-corrected chi connectivity index (χ1v) is 6.79. The molecule has 2 saturated heterocycles. The average molecular weight is 252 g/mol. The van der Waals surface area contributed by atoms with Gasteiger partial charge >= 0.3 is 0 Å². The second-order valence-corrected chi connectivity index (χ2v) is 5.68. The highest BCUT2D eigenvalue weighted by Gasteiger charge is 2.51. The van der Waals surface area contributed by atoms with Crippen molar-refractivity contribution in [2.75, 3.05) is 43.5 Å². The molecule has 3 rings (SSSR count). The van der Waals surface area contributed by atoms with Crippen LogP contribution in [0.4, 0.5) is 5.82 Å². The van der Waals surface area contributed by atoms with Crippen LogP contribution in [-0.4, -0.2) is 48.5 Å². The van der Waals surface area contributed by atoms with Crippen molar-refractivity contribution in [1.82, 2.24) is 9.88 Å². The molecule has 1 aromatic rings. The lowest BCUT2D eigenvalue weighted by Gasteiger charge is -2.60. The Kier molecular flexibility index (Phi) is 2.97. The van der Waals surface area contributed by atoms with Crippen LogP contribution in [0.2, 0.25) is 0 Å². The summed E-state index contributed by atoms with van der Waals surface area (Å²) >= 11 is 5.71. The molecule has 0 aromatic carbocycles. The summed E-state index contributed by atoms with van der Waals surface area (Å²) in [7, 11) is 0. The first-order chi connectivity index (χ1) is 8.31. The molecule has 2 aliphatic rings. The Bertz CT molecular complexity index is 368. The zero-order chi connectivity index (χ0) is 11.7. The molecule has 1 spiro atoms. The van der Waals surface area contributed by atoms with Gasteiger partial charge in [-0.2, -0.15) is 0 Å². The average Bonchev–Trinajstić information content (AvgIpc) is 2.26. The van der Waals surface area contributed by atoms with E-state index in [9.17, 15) is 0 Å². The summed E-state index contributed by atoms with van der Waals surface area (Å²) in [6, 6.07) is 6.12. The Morgan fingerprint density at radius 3 is 2.71 bits per heavy atom. The lowest BCUT2D eigenvalue weighted by atomic mass is 9.73. The van der Waals surface area contributed by atoms with Gasteiger partial charge in [0.2, 0.25) is 0 Å². The molecule has 3 nitrogen and oxygen atoms in total. The summed E-state index contributed by atoms with van der Waals surface area (Å²) < 4.78 is 0. The second kappa shape index (κ2) is 4.46. The van der Waals surface area contributed by atoms with Crippen molar-refractivity contribution in [2.45, 2.75) is 6.42 Å². The number of nitrogens with zero attached hydrogens (tertiary/aromatic N) is 3. The molecule has 0 aliphatic carbocycles. The van der Waals surface area contributed by atoms with Gasteiger partial charge in [-0.15, -0.1) is 11.6 Å². The number of hydrogen-bond acceptors (Lipinski definition) is 3. The Labute approximate surface area is 107 Å². The van der Waals surface area contributed by atoms with E-state index in [1.54, 1.807) is 0 Å². The van der Waals surface area contributed by atoms with Crippen LogP contribution < -0.4 is 4.90 Å². The molecule has 0 saturated carbocycles. The SMILES string of the molecule is ClCCCN1CC2(C1)CN(c1ccccn1)C2. The summed E-state index contributed by atoms with van der Waals surface area (Å²) in [5.41, 5.74) is 0.559. The predicted octanol–water partition coefficient (Wildman–Crippen LogP) is 1.83. The standard InChI is InChI=1S/C13H18ClN3/c14-5-3-7-16-8-13(9-16)10-17(11-13)12-4-1-2-6-15-12/h1-2,4,6H,3,5,7-11H2. The summed E-state index contributed by atoms with van der Waals surface area (Å²) in [6.07, 6.45) is 2.98. The maximum absolute atomic E-state index is 5.71. The number of alkyl halides is 1. The lowest BCUT2D eigenvalue weighted by molar-refractivity contribution is -0.0214. The van der Waals surface area contributed by atoms with Gasteiger partial charge in [0, 0.05) is 43.7 Å². The van der Waals surface area contributed by atoms with Crippen LogP contribution in [-0.2, 0) is 0 Å². The Morgan fingerprint density at radius 2 is 2.06 bits per heavy atom. The van der Waals surface area contributed by atoms with E-state index in [1.165, 1.54) is 26.2 Å². The number of hydrogen-bond donors (Lipinski definition) is 0. The zero-order valence-electron chi connectivity index (χ0n) is 9.98. The number of rotatable bonds is 4. The topological polar surface area (TPSA) is 19.4 Å². The molecule has 0 atom stereocenters. The first kappa shape index (κ1) is 11.3. The first-order valence-electron chi connectivity index (χ1n) is 6.26. The van der Waals surface area contributed by atoms with E-state index in [0.717, 1.165) is 24.7 Å². The lowest BCUT2D eigenvalue weighted by Crippen LogP contribution is -2.72. The number of anilines is 1. The highest BCUT2D eigenvalue weighted by molar-refractivity contribution is 6.17. The molecule has 17 heavy (non-hydrogen) atoms. The van der Waals surface area contributed by atoms with Gasteiger partial charge in [0.1, 0.15) is 5.82 Å². The van der Waals surface area contributed by atoms with Crippen LogP contribution in [0.5, 0.6) is 0 Å². The van der Waals surface area contributed by atoms with Crippen molar-refractivity contribution in [2.24, 2.45) is 5.41 Å². The smallest absolute Gasteiger partial charge is 0.128 e. The van der Waals surface area contributed by atoms with Gasteiger partial charge in [-0.25, -0.2) is 4.98 Å². The summed E-state index contributed by atoms with van der Waals surface area (Å²) in [4.78, 5) is 9.27. The summed E-state index contributed by atoms with van der Waals surface area (Å²) in [5, 5.41) is 0. The third-order valence-corrected chi connectivity index (χ3v) is 4.02. The molecule has 3 heterocycles. The van der Waals surface area contributed by atoms with Crippen molar-refractivity contribution in [3.05, 3.63) is 24.4 Å². The number of likely N-dealkylation sites (tertiary alicyclic amines) is 1. The molecule has 0 N–H and O–H groups in total. The van der Waals surface area contributed by atoms with Crippen molar-refractivity contribution in [3.8, 4) is 0 Å². The molecule has 1 aromatic heterocycles. The van der Waals surface area contributed by atoms with Crippen LogP contribution in [0.15, 0.2) is 24.4 Å². The molecule has 0 unspecified atom stereocenters. The minimum Gasteiger partial charge on any atom is -0.355 e. The zero-order valence-corrected chi connectivity index (χ0v) is 10.7. The Hall–Kier alpha value is -0.800. The third-order valence-electron chi connectivity index (χ3n) is 3.75. The minimum absolute atomic E-state index is 0.559. The van der Waals surface area contributed by atoms with Gasteiger partial charge in [-0.3, -0.25) is 0 Å². The fourth-order valence-corrected chi connectivity index (χ4v) is 3.13. The van der Waals surface area contributed by atoms with Gasteiger partial charge in [-0.05, 0) is 25.1 Å².